The summed E-state index contributed by atoms with van der Waals surface area (Å²) in [7, 11) is 0. The van der Waals surface area contributed by atoms with Gasteiger partial charge in [0, 0.05) is 5.92 Å². The molecule has 22 heavy (non-hydrogen) atoms. The summed E-state index contributed by atoms with van der Waals surface area (Å²) in [6, 6.07) is 15.7. The quantitative estimate of drug-likeness (QED) is 0.854. The van der Waals surface area contributed by atoms with E-state index in [0.717, 1.165) is 6.42 Å². The van der Waals surface area contributed by atoms with E-state index in [9.17, 15) is 0 Å². The Kier molecular flexibility index (Phi) is 5.08. The van der Waals surface area contributed by atoms with E-state index in [1.54, 1.807) is 0 Å². The molecule has 0 saturated carbocycles. The van der Waals surface area contributed by atoms with Crippen LogP contribution in [0, 0.1) is 13.8 Å². The number of hydrogen-bond acceptors (Lipinski definition) is 1. The van der Waals surface area contributed by atoms with Crippen molar-refractivity contribution in [3.05, 3.63) is 70.3 Å². The van der Waals surface area contributed by atoms with Crippen molar-refractivity contribution in [3.8, 4) is 0 Å². The largest absolute Gasteiger partial charge is 0.330 e. The van der Waals surface area contributed by atoms with Gasteiger partial charge in [-0.15, -0.1) is 0 Å². The maximum absolute atomic E-state index is 6.11. The number of nitrogens with two attached hydrogens (primary N) is 1. The van der Waals surface area contributed by atoms with Gasteiger partial charge in [0.2, 0.25) is 0 Å². The van der Waals surface area contributed by atoms with E-state index in [1.807, 2.05) is 0 Å². The Labute approximate surface area is 135 Å². The minimum absolute atomic E-state index is 0.172. The average molecular weight is 295 g/mol. The molecule has 0 amide bonds. The fourth-order valence-electron chi connectivity index (χ4n) is 2.88. The lowest BCUT2D eigenvalue weighted by Crippen LogP contribution is -2.18. The SMILES string of the molecule is Cc1ccc(CC(CN)c2cc(C(C)(C)C)ccc2C)cc1. The van der Waals surface area contributed by atoms with E-state index in [-0.39, 0.29) is 5.41 Å². The Morgan fingerprint density at radius 2 is 1.59 bits per heavy atom. The van der Waals surface area contributed by atoms with E-state index in [0.29, 0.717) is 12.5 Å². The van der Waals surface area contributed by atoms with E-state index in [2.05, 4.69) is 77.1 Å². The molecule has 0 fully saturated rings. The highest BCUT2D eigenvalue weighted by Gasteiger charge is 2.18. The molecule has 0 spiro atoms. The van der Waals surface area contributed by atoms with Crippen molar-refractivity contribution >= 4 is 0 Å². The molecule has 1 atom stereocenters. The van der Waals surface area contributed by atoms with Gasteiger partial charge in [-0.3, -0.25) is 0 Å². The first-order valence-corrected chi connectivity index (χ1v) is 8.18. The normalized spacial score (nSPS) is 13.2. The zero-order valence-electron chi connectivity index (χ0n) is 14.6. The molecule has 2 aromatic carbocycles. The third kappa shape index (κ3) is 3.98. The summed E-state index contributed by atoms with van der Waals surface area (Å²) in [4.78, 5) is 0. The molecular formula is C21H29N. The number of rotatable bonds is 4. The van der Waals surface area contributed by atoms with Crippen molar-refractivity contribution in [3.63, 3.8) is 0 Å². The molecule has 0 saturated heterocycles. The van der Waals surface area contributed by atoms with Gasteiger partial charge in [-0.1, -0.05) is 68.8 Å². The lowest BCUT2D eigenvalue weighted by Gasteiger charge is -2.24. The number of hydrogen-bond donors (Lipinski definition) is 1. The Hall–Kier alpha value is -1.60. The predicted octanol–water partition coefficient (Wildman–Crippen LogP) is 4.89. The van der Waals surface area contributed by atoms with Crippen molar-refractivity contribution in [1.82, 2.24) is 0 Å². The Bertz CT molecular complexity index is 617. The lowest BCUT2D eigenvalue weighted by atomic mass is 9.81. The Morgan fingerprint density at radius 3 is 2.14 bits per heavy atom. The second-order valence-electron chi connectivity index (χ2n) is 7.44. The second kappa shape index (κ2) is 6.66. The van der Waals surface area contributed by atoms with Crippen LogP contribution in [0.1, 0.15) is 54.5 Å². The first-order valence-electron chi connectivity index (χ1n) is 8.18. The van der Waals surface area contributed by atoms with Gasteiger partial charge in [0.1, 0.15) is 0 Å². The van der Waals surface area contributed by atoms with E-state index < -0.39 is 0 Å². The maximum Gasteiger partial charge on any atom is 0.000429 e. The van der Waals surface area contributed by atoms with Crippen LogP contribution in [0.2, 0.25) is 0 Å². The van der Waals surface area contributed by atoms with Gasteiger partial charge in [-0.25, -0.2) is 0 Å². The summed E-state index contributed by atoms with van der Waals surface area (Å²) in [5.74, 6) is 0.380. The predicted molar refractivity (Wildman–Crippen MR) is 96.6 cm³/mol. The molecular weight excluding hydrogens is 266 g/mol. The van der Waals surface area contributed by atoms with Gasteiger partial charge in [0.05, 0.1) is 0 Å². The maximum atomic E-state index is 6.11. The van der Waals surface area contributed by atoms with Crippen LogP contribution in [0.15, 0.2) is 42.5 Å². The van der Waals surface area contributed by atoms with Crippen LogP contribution in [-0.4, -0.2) is 6.54 Å². The molecule has 118 valence electrons. The third-order valence-electron chi connectivity index (χ3n) is 4.47. The summed E-state index contributed by atoms with van der Waals surface area (Å²) in [6.07, 6.45) is 1.01. The summed E-state index contributed by atoms with van der Waals surface area (Å²) in [6.45, 7) is 11.8. The molecule has 0 bridgehead atoms. The van der Waals surface area contributed by atoms with Crippen LogP contribution in [0.3, 0.4) is 0 Å². The van der Waals surface area contributed by atoms with Crippen molar-refractivity contribution in [2.75, 3.05) is 6.54 Å². The van der Waals surface area contributed by atoms with Crippen molar-refractivity contribution in [2.24, 2.45) is 5.73 Å². The average Bonchev–Trinajstić information content (AvgIpc) is 2.46. The van der Waals surface area contributed by atoms with Crippen LogP contribution in [-0.2, 0) is 11.8 Å². The Morgan fingerprint density at radius 1 is 0.955 bits per heavy atom. The minimum atomic E-state index is 0.172. The van der Waals surface area contributed by atoms with Crippen molar-refractivity contribution in [2.45, 2.75) is 52.4 Å². The molecule has 2 aromatic rings. The van der Waals surface area contributed by atoms with E-state index in [4.69, 9.17) is 5.73 Å². The molecule has 1 nitrogen and oxygen atoms in total. The number of benzene rings is 2. The van der Waals surface area contributed by atoms with Gasteiger partial charge in [0.15, 0.2) is 0 Å². The molecule has 1 unspecified atom stereocenters. The van der Waals surface area contributed by atoms with E-state index in [1.165, 1.54) is 27.8 Å². The molecule has 0 aliphatic carbocycles. The zero-order chi connectivity index (χ0) is 16.3. The van der Waals surface area contributed by atoms with Crippen LogP contribution in [0.4, 0.5) is 0 Å². The summed E-state index contributed by atoms with van der Waals surface area (Å²) in [5, 5.41) is 0. The lowest BCUT2D eigenvalue weighted by molar-refractivity contribution is 0.586. The summed E-state index contributed by atoms with van der Waals surface area (Å²) in [5.41, 5.74) is 13.1. The standard InChI is InChI=1S/C21H29N/c1-15-6-9-17(10-7-15)12-18(14-22)20-13-19(21(3,4)5)11-8-16(20)2/h6-11,13,18H,12,14,22H2,1-5H3. The van der Waals surface area contributed by atoms with E-state index >= 15 is 0 Å². The first-order chi connectivity index (χ1) is 10.3. The second-order valence-corrected chi connectivity index (χ2v) is 7.44. The molecule has 0 aliphatic rings. The molecule has 1 heteroatoms. The van der Waals surface area contributed by atoms with Crippen LogP contribution in [0.5, 0.6) is 0 Å². The highest BCUT2D eigenvalue weighted by molar-refractivity contribution is 5.38. The van der Waals surface area contributed by atoms with Crippen molar-refractivity contribution < 1.29 is 0 Å². The molecule has 2 rings (SSSR count). The van der Waals surface area contributed by atoms with Gasteiger partial charge in [0.25, 0.3) is 0 Å². The fraction of sp³-hybridized carbons (Fsp3) is 0.429. The van der Waals surface area contributed by atoms with Crippen LogP contribution < -0.4 is 5.73 Å². The topological polar surface area (TPSA) is 26.0 Å². The highest BCUT2D eigenvalue weighted by Crippen LogP contribution is 2.29. The number of aryl methyl sites for hydroxylation is 2. The molecule has 0 aromatic heterocycles. The minimum Gasteiger partial charge on any atom is -0.330 e. The smallest absolute Gasteiger partial charge is 0.000429 e. The highest BCUT2D eigenvalue weighted by atomic mass is 14.5. The first kappa shape index (κ1) is 16.8. The van der Waals surface area contributed by atoms with Crippen molar-refractivity contribution in [1.29, 1.82) is 0 Å². The summed E-state index contributed by atoms with van der Waals surface area (Å²) < 4.78 is 0. The molecule has 0 aliphatic heterocycles. The summed E-state index contributed by atoms with van der Waals surface area (Å²) >= 11 is 0. The third-order valence-corrected chi connectivity index (χ3v) is 4.47. The van der Waals surface area contributed by atoms with Gasteiger partial charge in [-0.05, 0) is 54.5 Å². The Balaban J connectivity index is 2.32. The molecule has 2 N–H and O–H groups in total. The van der Waals surface area contributed by atoms with Gasteiger partial charge in [-0.2, -0.15) is 0 Å². The molecule has 0 heterocycles. The van der Waals surface area contributed by atoms with Gasteiger partial charge < -0.3 is 5.73 Å². The monoisotopic (exact) mass is 295 g/mol. The van der Waals surface area contributed by atoms with Crippen LogP contribution >= 0.6 is 0 Å². The fourth-order valence-corrected chi connectivity index (χ4v) is 2.88. The molecule has 0 radical (unpaired) electrons. The van der Waals surface area contributed by atoms with Gasteiger partial charge >= 0.3 is 0 Å². The van der Waals surface area contributed by atoms with Crippen LogP contribution in [0.25, 0.3) is 0 Å². The zero-order valence-corrected chi connectivity index (χ0v) is 14.6.